The van der Waals surface area contributed by atoms with Gasteiger partial charge >= 0.3 is 6.18 Å². The van der Waals surface area contributed by atoms with E-state index in [1.54, 1.807) is 43.3 Å². The molecule has 424 valence electrons. The van der Waals surface area contributed by atoms with Crippen molar-refractivity contribution in [1.82, 2.24) is 0 Å². The Labute approximate surface area is 488 Å². The molecule has 10 aromatic rings. The molecular weight excluding hydrogens is 1060 g/mol. The Bertz CT molecular complexity index is 4050. The van der Waals surface area contributed by atoms with E-state index in [-0.39, 0.29) is 39.6 Å². The second-order valence-electron chi connectivity index (χ2n) is 21.4. The highest BCUT2D eigenvalue weighted by atomic mass is 19.4. The third kappa shape index (κ3) is 14.3. The number of halogens is 6. The Kier molecular flexibility index (Phi) is 19.1. The number of benzene rings is 10. The van der Waals surface area contributed by atoms with E-state index < -0.39 is 29.2 Å². The summed E-state index contributed by atoms with van der Waals surface area (Å²) in [6, 6.07) is 58.3. The van der Waals surface area contributed by atoms with Crippen molar-refractivity contribution in [3.05, 3.63) is 318 Å². The quantitative estimate of drug-likeness (QED) is 0.0905. The van der Waals surface area contributed by atoms with Gasteiger partial charge in [0, 0.05) is 45.0 Å². The lowest BCUT2D eigenvalue weighted by Gasteiger charge is -2.18. The van der Waals surface area contributed by atoms with Gasteiger partial charge in [-0.3, -0.25) is 14.4 Å². The fourth-order valence-electron chi connectivity index (χ4n) is 10.5. The van der Waals surface area contributed by atoms with E-state index >= 15 is 4.39 Å². The summed E-state index contributed by atoms with van der Waals surface area (Å²) in [5.41, 5.74) is 15.5. The lowest BCUT2D eigenvalue weighted by molar-refractivity contribution is -0.138. The van der Waals surface area contributed by atoms with Crippen LogP contribution in [0, 0.1) is 72.8 Å². The topological polar surface area (TPSA) is 51.2 Å². The van der Waals surface area contributed by atoms with Crippen molar-refractivity contribution < 1.29 is 40.7 Å². The van der Waals surface area contributed by atoms with Crippen LogP contribution < -0.4 is 0 Å². The summed E-state index contributed by atoms with van der Waals surface area (Å²) in [5, 5.41) is 0. The number of hydrogen-bond acceptors (Lipinski definition) is 3. The van der Waals surface area contributed by atoms with Crippen LogP contribution in [0.1, 0.15) is 121 Å². The molecule has 0 saturated carbocycles. The van der Waals surface area contributed by atoms with Crippen molar-refractivity contribution in [2.24, 2.45) is 0 Å². The highest BCUT2D eigenvalue weighted by Crippen LogP contribution is 2.40. The van der Waals surface area contributed by atoms with Crippen molar-refractivity contribution in [3.8, 4) is 33.4 Å². The summed E-state index contributed by atoms with van der Waals surface area (Å²) < 4.78 is 83.0. The lowest BCUT2D eigenvalue weighted by Crippen LogP contribution is -2.12. The van der Waals surface area contributed by atoms with E-state index in [0.29, 0.717) is 40.3 Å². The maximum Gasteiger partial charge on any atom is 0.416 e. The van der Waals surface area contributed by atoms with Crippen molar-refractivity contribution in [1.29, 1.82) is 0 Å². The standard InChI is InChI=1S/C28H23FO.C24H24O.C23H17F5O/c1-19-13-14-24(23(15-19)18-21-9-5-3-6-10-21)27-25(16-20(2)17-26(27)29)28(30)22-11-7-4-8-12-22;1-5-19-13-16(2)11-12-21(19)22-14-17(3)18(4)15-23(22)24(25)20-9-7-6-8-10-20;1-12-4-5-18(13(2)6-12)19-11-21(23(26,27)28)14(3)7-20(19)22(29)15-8-16(24)10-17(25)9-15/h3-17H,18H2,1-2H3;6-15H,5H2,1-4H3;4-11H,1-3H3. The van der Waals surface area contributed by atoms with Crippen molar-refractivity contribution in [3.63, 3.8) is 0 Å². The molecule has 0 heterocycles. The number of ketones is 3. The van der Waals surface area contributed by atoms with E-state index in [1.165, 1.54) is 29.7 Å². The number of carbonyl (C=O) groups excluding carboxylic acids is 3. The Morgan fingerprint density at radius 2 is 0.833 bits per heavy atom. The zero-order valence-corrected chi connectivity index (χ0v) is 48.5. The molecule has 0 radical (unpaired) electrons. The monoisotopic (exact) mass is 1130 g/mol. The SMILES string of the molecule is CCc1cc(C)ccc1-c1cc(C)c(C)cc1C(=O)c1ccccc1.Cc1ccc(-c2c(F)cc(C)cc2C(=O)c2ccccc2)c(Cc2ccccc2)c1.Cc1ccc(-c2cc(C(F)(F)F)c(C)cc2C(=O)c2cc(F)cc(F)c2)c(C)c1. The molecule has 0 unspecified atom stereocenters. The van der Waals surface area contributed by atoms with Gasteiger partial charge in [-0.05, 0) is 183 Å². The third-order valence-electron chi connectivity index (χ3n) is 14.8. The first-order valence-electron chi connectivity index (χ1n) is 27.7. The van der Waals surface area contributed by atoms with Crippen LogP contribution in [0.15, 0.2) is 200 Å². The number of aryl methyl sites for hydroxylation is 9. The molecule has 0 spiro atoms. The molecule has 0 amide bonds. The van der Waals surface area contributed by atoms with Gasteiger partial charge in [-0.2, -0.15) is 13.2 Å². The first-order valence-corrected chi connectivity index (χ1v) is 27.7. The van der Waals surface area contributed by atoms with E-state index in [9.17, 15) is 36.3 Å². The number of hydrogen-bond donors (Lipinski definition) is 0. The predicted molar refractivity (Wildman–Crippen MR) is 327 cm³/mol. The van der Waals surface area contributed by atoms with Gasteiger partial charge < -0.3 is 0 Å². The second kappa shape index (κ2) is 26.4. The minimum Gasteiger partial charge on any atom is -0.289 e. The van der Waals surface area contributed by atoms with Crippen LogP contribution >= 0.6 is 0 Å². The Hall–Kier alpha value is -9.21. The summed E-state index contributed by atoms with van der Waals surface area (Å²) in [5.74, 6) is -3.08. The Morgan fingerprint density at radius 3 is 1.38 bits per heavy atom. The van der Waals surface area contributed by atoms with E-state index in [1.807, 2.05) is 106 Å². The molecule has 0 aliphatic rings. The first-order chi connectivity index (χ1) is 40.0. The highest BCUT2D eigenvalue weighted by Gasteiger charge is 2.34. The smallest absolute Gasteiger partial charge is 0.289 e. The largest absolute Gasteiger partial charge is 0.416 e. The fraction of sp³-hybridized carbons (Fsp3) is 0.160. The van der Waals surface area contributed by atoms with Crippen LogP contribution in [0.3, 0.4) is 0 Å². The molecule has 0 fully saturated rings. The van der Waals surface area contributed by atoms with Gasteiger partial charge in [0.1, 0.15) is 17.5 Å². The van der Waals surface area contributed by atoms with Crippen LogP contribution in [-0.2, 0) is 19.0 Å². The molecule has 9 heteroatoms. The van der Waals surface area contributed by atoms with Crippen LogP contribution in [0.25, 0.3) is 33.4 Å². The zero-order chi connectivity index (χ0) is 60.6. The Balaban J connectivity index is 0.000000165. The Morgan fingerprint density at radius 1 is 0.369 bits per heavy atom. The average molecular weight is 1130 g/mol. The van der Waals surface area contributed by atoms with Crippen molar-refractivity contribution >= 4 is 17.3 Å². The maximum absolute atomic E-state index is 15.3. The summed E-state index contributed by atoms with van der Waals surface area (Å²) >= 11 is 0. The number of carbonyl (C=O) groups is 3. The molecule has 0 N–H and O–H groups in total. The van der Waals surface area contributed by atoms with Gasteiger partial charge in [-0.25, -0.2) is 13.2 Å². The molecule has 0 bridgehead atoms. The summed E-state index contributed by atoms with van der Waals surface area (Å²) in [6.45, 7) is 17.1. The van der Waals surface area contributed by atoms with Gasteiger partial charge in [0.05, 0.1) is 5.56 Å². The van der Waals surface area contributed by atoms with Gasteiger partial charge in [0.15, 0.2) is 17.3 Å². The fourth-order valence-corrected chi connectivity index (χ4v) is 10.5. The number of rotatable bonds is 12. The lowest BCUT2D eigenvalue weighted by atomic mass is 9.87. The van der Waals surface area contributed by atoms with Crippen LogP contribution in [0.5, 0.6) is 0 Å². The molecule has 0 aliphatic heterocycles. The summed E-state index contributed by atoms with van der Waals surface area (Å²) in [7, 11) is 0. The van der Waals surface area contributed by atoms with Gasteiger partial charge in [-0.1, -0.05) is 175 Å². The van der Waals surface area contributed by atoms with Crippen LogP contribution in [0.2, 0.25) is 0 Å². The normalized spacial score (nSPS) is 11.0. The molecular formula is C75H64F6O3. The molecule has 0 aromatic heterocycles. The zero-order valence-electron chi connectivity index (χ0n) is 48.5. The van der Waals surface area contributed by atoms with Gasteiger partial charge in [0.25, 0.3) is 0 Å². The first kappa shape index (κ1) is 60.9. The molecule has 10 rings (SSSR count). The molecule has 3 nitrogen and oxygen atoms in total. The highest BCUT2D eigenvalue weighted by molar-refractivity contribution is 6.15. The van der Waals surface area contributed by atoms with E-state index in [0.717, 1.165) is 91.9 Å². The van der Waals surface area contributed by atoms with E-state index in [4.69, 9.17) is 0 Å². The van der Waals surface area contributed by atoms with Crippen LogP contribution in [0.4, 0.5) is 26.3 Å². The van der Waals surface area contributed by atoms with Crippen molar-refractivity contribution in [2.75, 3.05) is 0 Å². The molecule has 0 atom stereocenters. The second-order valence-corrected chi connectivity index (χ2v) is 21.4. The van der Waals surface area contributed by atoms with Gasteiger partial charge in [0.2, 0.25) is 0 Å². The maximum atomic E-state index is 15.3. The van der Waals surface area contributed by atoms with Crippen molar-refractivity contribution in [2.45, 2.75) is 81.3 Å². The molecule has 84 heavy (non-hydrogen) atoms. The number of alkyl halides is 3. The molecule has 10 aromatic carbocycles. The summed E-state index contributed by atoms with van der Waals surface area (Å²) in [6.07, 6.45) is -2.99. The van der Waals surface area contributed by atoms with Gasteiger partial charge in [-0.15, -0.1) is 0 Å². The molecule has 0 saturated heterocycles. The third-order valence-corrected chi connectivity index (χ3v) is 14.8. The average Bonchev–Trinajstić information content (AvgIpc) is 2.85. The minimum atomic E-state index is -4.61. The van der Waals surface area contributed by atoms with E-state index in [2.05, 4.69) is 70.2 Å². The minimum absolute atomic E-state index is 0.0487. The predicted octanol–water partition coefficient (Wildman–Crippen LogP) is 19.8. The summed E-state index contributed by atoms with van der Waals surface area (Å²) in [4.78, 5) is 39.5. The molecule has 0 aliphatic carbocycles. The van der Waals surface area contributed by atoms with Crippen LogP contribution in [-0.4, -0.2) is 17.3 Å².